The quantitative estimate of drug-likeness (QED) is 0.869. The molecule has 124 valence electrons. The summed E-state index contributed by atoms with van der Waals surface area (Å²) in [5.41, 5.74) is 6.18. The molecule has 0 bridgehead atoms. The van der Waals surface area contributed by atoms with Gasteiger partial charge in [-0.1, -0.05) is 6.92 Å². The number of nitrogens with two attached hydrogens (primary N) is 1. The maximum Gasteiger partial charge on any atom is 0.407 e. The van der Waals surface area contributed by atoms with Gasteiger partial charge >= 0.3 is 6.09 Å². The minimum atomic E-state index is -0.490. The Morgan fingerprint density at radius 3 is 2.68 bits per heavy atom. The van der Waals surface area contributed by atoms with Gasteiger partial charge in [0.05, 0.1) is 17.9 Å². The van der Waals surface area contributed by atoms with Crippen LogP contribution in [0.2, 0.25) is 0 Å². The van der Waals surface area contributed by atoms with Crippen LogP contribution in [-0.2, 0) is 11.8 Å². The molecule has 0 saturated carbocycles. The van der Waals surface area contributed by atoms with Crippen LogP contribution in [0.5, 0.6) is 0 Å². The Balaban J connectivity index is 2.04. The highest BCUT2D eigenvalue weighted by Crippen LogP contribution is 2.27. The van der Waals surface area contributed by atoms with Gasteiger partial charge in [-0.05, 0) is 33.1 Å². The fraction of sp³-hybridized carbons (Fsp3) is 0.733. The molecule has 7 nitrogen and oxygen atoms in total. The topological polar surface area (TPSA) is 85.4 Å². The van der Waals surface area contributed by atoms with Crippen molar-refractivity contribution in [1.29, 1.82) is 0 Å². The average molecular weight is 309 g/mol. The molecule has 1 aliphatic rings. The van der Waals surface area contributed by atoms with E-state index in [-0.39, 0.29) is 12.1 Å². The molecule has 1 aliphatic heterocycles. The summed E-state index contributed by atoms with van der Waals surface area (Å²) in [6.07, 6.45) is 2.21. The Morgan fingerprint density at radius 1 is 1.45 bits per heavy atom. The first-order valence-corrected chi connectivity index (χ1v) is 7.67. The van der Waals surface area contributed by atoms with E-state index >= 15 is 0 Å². The second-order valence-corrected chi connectivity index (χ2v) is 7.14. The van der Waals surface area contributed by atoms with Crippen LogP contribution in [0, 0.1) is 5.92 Å². The van der Waals surface area contributed by atoms with Crippen LogP contribution in [0.25, 0.3) is 0 Å². The molecule has 0 radical (unpaired) electrons. The lowest BCUT2D eigenvalue weighted by molar-refractivity contribution is 0.0495. The molecule has 22 heavy (non-hydrogen) atoms. The lowest BCUT2D eigenvalue weighted by Gasteiger charge is -2.38. The van der Waals surface area contributed by atoms with Crippen LogP contribution >= 0.6 is 0 Å². The molecule has 7 heteroatoms. The minimum Gasteiger partial charge on any atom is -0.444 e. The summed E-state index contributed by atoms with van der Waals surface area (Å²) >= 11 is 0. The van der Waals surface area contributed by atoms with Crippen LogP contribution in [0.3, 0.4) is 0 Å². The Kier molecular flexibility index (Phi) is 4.53. The summed E-state index contributed by atoms with van der Waals surface area (Å²) in [6, 6.07) is 0.0351. The predicted octanol–water partition coefficient (Wildman–Crippen LogP) is 1.74. The summed E-state index contributed by atoms with van der Waals surface area (Å²) in [4.78, 5) is 14.1. The van der Waals surface area contributed by atoms with E-state index in [0.29, 0.717) is 18.2 Å². The molecule has 1 amide bonds. The van der Waals surface area contributed by atoms with Crippen molar-refractivity contribution in [2.24, 2.45) is 13.0 Å². The van der Waals surface area contributed by atoms with Crippen molar-refractivity contribution >= 4 is 17.6 Å². The molecule has 2 rings (SSSR count). The van der Waals surface area contributed by atoms with E-state index in [1.165, 1.54) is 0 Å². The number of carbonyl (C=O) groups excluding carboxylic acids is 1. The molecule has 1 aromatic rings. The SMILES string of the molecule is C[C@@H]1C[C@H](NC(=O)OC(C)(C)C)CN(c2c(N)cnn2C)C1. The molecule has 1 saturated heterocycles. The number of hydrogen-bond donors (Lipinski definition) is 2. The van der Waals surface area contributed by atoms with Crippen molar-refractivity contribution in [1.82, 2.24) is 15.1 Å². The smallest absolute Gasteiger partial charge is 0.407 e. The van der Waals surface area contributed by atoms with Crippen molar-refractivity contribution in [2.75, 3.05) is 23.7 Å². The molecular weight excluding hydrogens is 282 g/mol. The molecule has 0 spiro atoms. The predicted molar refractivity (Wildman–Crippen MR) is 86.8 cm³/mol. The van der Waals surface area contributed by atoms with E-state index in [0.717, 1.165) is 18.8 Å². The first-order chi connectivity index (χ1) is 10.2. The van der Waals surface area contributed by atoms with E-state index < -0.39 is 5.60 Å². The van der Waals surface area contributed by atoms with Gasteiger partial charge < -0.3 is 20.7 Å². The van der Waals surface area contributed by atoms with Gasteiger partial charge in [0, 0.05) is 20.1 Å². The molecule has 1 aromatic heterocycles. The highest BCUT2D eigenvalue weighted by atomic mass is 16.6. The number of nitrogens with zero attached hydrogens (tertiary/aromatic N) is 3. The first kappa shape index (κ1) is 16.5. The second-order valence-electron chi connectivity index (χ2n) is 7.14. The number of hydrogen-bond acceptors (Lipinski definition) is 5. The number of anilines is 2. The number of alkyl carbamates (subject to hydrolysis) is 1. The van der Waals surface area contributed by atoms with Crippen LogP contribution < -0.4 is 16.0 Å². The van der Waals surface area contributed by atoms with Crippen molar-refractivity contribution in [3.63, 3.8) is 0 Å². The summed E-state index contributed by atoms with van der Waals surface area (Å²) in [6.45, 7) is 9.35. The van der Waals surface area contributed by atoms with Crippen molar-refractivity contribution in [2.45, 2.75) is 45.8 Å². The third-order valence-corrected chi connectivity index (χ3v) is 3.61. The van der Waals surface area contributed by atoms with E-state index in [4.69, 9.17) is 10.5 Å². The van der Waals surface area contributed by atoms with Crippen molar-refractivity contribution in [3.8, 4) is 0 Å². The number of carbonyl (C=O) groups is 1. The maximum absolute atomic E-state index is 12.0. The fourth-order valence-electron chi connectivity index (χ4n) is 2.94. The molecule has 3 N–H and O–H groups in total. The zero-order valence-corrected chi connectivity index (χ0v) is 14.1. The Morgan fingerprint density at radius 2 is 2.14 bits per heavy atom. The van der Waals surface area contributed by atoms with Gasteiger partial charge in [-0.25, -0.2) is 4.79 Å². The van der Waals surface area contributed by atoms with Crippen LogP contribution in [-0.4, -0.2) is 40.6 Å². The highest BCUT2D eigenvalue weighted by molar-refractivity contribution is 5.68. The summed E-state index contributed by atoms with van der Waals surface area (Å²) in [5, 5.41) is 7.15. The molecule has 0 aliphatic carbocycles. The molecule has 2 heterocycles. The largest absolute Gasteiger partial charge is 0.444 e. The number of aryl methyl sites for hydroxylation is 1. The summed E-state index contributed by atoms with van der Waals surface area (Å²) < 4.78 is 7.11. The minimum absolute atomic E-state index is 0.0351. The summed E-state index contributed by atoms with van der Waals surface area (Å²) in [5.74, 6) is 1.35. The monoisotopic (exact) mass is 309 g/mol. The lowest BCUT2D eigenvalue weighted by Crippen LogP contribution is -2.51. The van der Waals surface area contributed by atoms with Crippen LogP contribution in [0.4, 0.5) is 16.3 Å². The Labute approximate surface area is 131 Å². The van der Waals surface area contributed by atoms with Crippen molar-refractivity contribution in [3.05, 3.63) is 6.20 Å². The molecule has 0 unspecified atom stereocenters. The Bertz CT molecular complexity index is 515. The van der Waals surface area contributed by atoms with Gasteiger partial charge in [0.2, 0.25) is 0 Å². The molecular formula is C15H27N5O2. The van der Waals surface area contributed by atoms with Gasteiger partial charge in [-0.15, -0.1) is 0 Å². The standard InChI is InChI=1S/C15H27N5O2/c1-10-6-11(18-14(21)22-15(2,3)4)9-20(8-10)13-12(16)7-17-19(13)5/h7,10-11H,6,8-9,16H2,1-5H3,(H,18,21)/t10-,11+/m1/s1. The van der Waals surface area contributed by atoms with Gasteiger partial charge in [0.25, 0.3) is 0 Å². The molecule has 2 atom stereocenters. The van der Waals surface area contributed by atoms with E-state index in [1.54, 1.807) is 10.9 Å². The maximum atomic E-state index is 12.0. The van der Waals surface area contributed by atoms with Gasteiger partial charge in [-0.3, -0.25) is 4.68 Å². The zero-order valence-electron chi connectivity index (χ0n) is 14.1. The molecule has 1 fully saturated rings. The second kappa shape index (κ2) is 6.06. The van der Waals surface area contributed by atoms with Gasteiger partial charge in [0.15, 0.2) is 0 Å². The van der Waals surface area contributed by atoms with E-state index in [1.807, 2.05) is 27.8 Å². The lowest BCUT2D eigenvalue weighted by atomic mass is 9.96. The number of rotatable bonds is 2. The zero-order chi connectivity index (χ0) is 16.5. The Hall–Kier alpha value is -1.92. The number of ether oxygens (including phenoxy) is 1. The third-order valence-electron chi connectivity index (χ3n) is 3.61. The number of amides is 1. The van der Waals surface area contributed by atoms with Crippen LogP contribution in [0.1, 0.15) is 34.1 Å². The third kappa shape index (κ3) is 4.05. The van der Waals surface area contributed by atoms with Crippen molar-refractivity contribution < 1.29 is 9.53 Å². The highest BCUT2D eigenvalue weighted by Gasteiger charge is 2.29. The first-order valence-electron chi connectivity index (χ1n) is 7.67. The van der Waals surface area contributed by atoms with Gasteiger partial charge in [-0.2, -0.15) is 5.10 Å². The van der Waals surface area contributed by atoms with Crippen LogP contribution in [0.15, 0.2) is 6.20 Å². The van der Waals surface area contributed by atoms with E-state index in [9.17, 15) is 4.79 Å². The number of nitrogens with one attached hydrogen (secondary N) is 1. The number of nitrogen functional groups attached to an aromatic ring is 1. The number of piperidine rings is 1. The van der Waals surface area contributed by atoms with Gasteiger partial charge in [0.1, 0.15) is 11.4 Å². The van der Waals surface area contributed by atoms with E-state index in [2.05, 4.69) is 22.2 Å². The normalized spacial score (nSPS) is 22.5. The fourth-order valence-corrected chi connectivity index (χ4v) is 2.94. The number of aromatic nitrogens is 2. The molecule has 0 aromatic carbocycles. The summed E-state index contributed by atoms with van der Waals surface area (Å²) in [7, 11) is 1.88. The average Bonchev–Trinajstić information content (AvgIpc) is 2.65.